The number of anilines is 1. The van der Waals surface area contributed by atoms with Crippen LogP contribution in [0.4, 0.5) is 5.69 Å². The highest BCUT2D eigenvalue weighted by Crippen LogP contribution is 2.33. The van der Waals surface area contributed by atoms with Crippen molar-refractivity contribution >= 4 is 17.3 Å². The number of piperazine rings is 1. The Balaban J connectivity index is 1.98. The van der Waals surface area contributed by atoms with E-state index in [1.54, 1.807) is 0 Å². The van der Waals surface area contributed by atoms with Gasteiger partial charge in [0, 0.05) is 42.5 Å². The molecule has 2 aromatic rings. The second kappa shape index (κ2) is 6.72. The van der Waals surface area contributed by atoms with E-state index in [-0.39, 0.29) is 0 Å². The van der Waals surface area contributed by atoms with Crippen molar-refractivity contribution in [3.63, 3.8) is 0 Å². The van der Waals surface area contributed by atoms with Crippen molar-refractivity contribution in [3.8, 4) is 11.1 Å². The topological polar surface area (TPSA) is 6.48 Å². The Hall–Kier alpha value is -1.51. The summed E-state index contributed by atoms with van der Waals surface area (Å²) in [6.07, 6.45) is 1.06. The van der Waals surface area contributed by atoms with Gasteiger partial charge in [-0.15, -0.1) is 0 Å². The second-order valence-electron chi connectivity index (χ2n) is 5.97. The summed E-state index contributed by atoms with van der Waals surface area (Å²) < 4.78 is 0. The molecular formula is C19H23ClN2. The number of rotatable bonds is 3. The average Bonchev–Trinajstić information content (AvgIpc) is 2.55. The van der Waals surface area contributed by atoms with Gasteiger partial charge in [-0.05, 0) is 36.7 Å². The molecule has 0 radical (unpaired) electrons. The highest BCUT2D eigenvalue weighted by Gasteiger charge is 2.17. The minimum Gasteiger partial charge on any atom is -0.369 e. The third-order valence-electron chi connectivity index (χ3n) is 4.50. The van der Waals surface area contributed by atoms with Crippen LogP contribution in [0.5, 0.6) is 0 Å². The zero-order valence-corrected chi connectivity index (χ0v) is 14.1. The van der Waals surface area contributed by atoms with Gasteiger partial charge in [0.2, 0.25) is 0 Å². The van der Waals surface area contributed by atoms with Crippen LogP contribution in [-0.2, 0) is 6.42 Å². The lowest BCUT2D eigenvalue weighted by Gasteiger charge is -2.35. The zero-order valence-electron chi connectivity index (χ0n) is 13.3. The summed E-state index contributed by atoms with van der Waals surface area (Å²) in [5.74, 6) is 0. The summed E-state index contributed by atoms with van der Waals surface area (Å²) in [4.78, 5) is 4.90. The first kappa shape index (κ1) is 15.4. The van der Waals surface area contributed by atoms with E-state index >= 15 is 0 Å². The molecule has 22 heavy (non-hydrogen) atoms. The Morgan fingerprint density at radius 1 is 1.00 bits per heavy atom. The molecule has 1 fully saturated rings. The van der Waals surface area contributed by atoms with Crippen LogP contribution < -0.4 is 4.90 Å². The van der Waals surface area contributed by atoms with E-state index in [1.807, 2.05) is 18.2 Å². The molecule has 116 valence electrons. The Bertz CT molecular complexity index is 646. The third kappa shape index (κ3) is 3.13. The fraction of sp³-hybridized carbons (Fsp3) is 0.368. The van der Waals surface area contributed by atoms with Gasteiger partial charge in [0.25, 0.3) is 0 Å². The van der Waals surface area contributed by atoms with Gasteiger partial charge in [-0.1, -0.05) is 48.9 Å². The lowest BCUT2D eigenvalue weighted by molar-refractivity contribution is 0.312. The van der Waals surface area contributed by atoms with Gasteiger partial charge in [-0.2, -0.15) is 0 Å². The van der Waals surface area contributed by atoms with E-state index in [4.69, 9.17) is 11.6 Å². The monoisotopic (exact) mass is 314 g/mol. The standard InChI is InChI=1S/C19H23ClN2/c1-3-15-8-9-16(17-6-4-5-7-18(17)20)14-19(15)22-12-10-21(2)11-13-22/h4-9,14H,3,10-13H2,1-2H3. The molecule has 0 unspecified atom stereocenters. The average molecular weight is 315 g/mol. The van der Waals surface area contributed by atoms with E-state index in [1.165, 1.54) is 16.8 Å². The third-order valence-corrected chi connectivity index (χ3v) is 4.82. The lowest BCUT2D eigenvalue weighted by Crippen LogP contribution is -2.44. The summed E-state index contributed by atoms with van der Waals surface area (Å²) in [7, 11) is 2.19. The van der Waals surface area contributed by atoms with Gasteiger partial charge in [0.05, 0.1) is 0 Å². The zero-order chi connectivity index (χ0) is 15.5. The minimum atomic E-state index is 0.816. The number of likely N-dealkylation sites (N-methyl/N-ethyl adjacent to an activating group) is 1. The minimum absolute atomic E-state index is 0.816. The largest absolute Gasteiger partial charge is 0.369 e. The van der Waals surface area contributed by atoms with E-state index in [0.29, 0.717) is 0 Å². The van der Waals surface area contributed by atoms with Crippen molar-refractivity contribution in [3.05, 3.63) is 53.1 Å². The Kier molecular flexibility index (Phi) is 4.70. The molecule has 2 nitrogen and oxygen atoms in total. The van der Waals surface area contributed by atoms with Gasteiger partial charge >= 0.3 is 0 Å². The fourth-order valence-electron chi connectivity index (χ4n) is 3.07. The molecule has 0 aromatic heterocycles. The molecule has 1 aliphatic rings. The Morgan fingerprint density at radius 3 is 2.41 bits per heavy atom. The Labute approximate surface area is 138 Å². The van der Waals surface area contributed by atoms with Crippen LogP contribution in [0.2, 0.25) is 5.02 Å². The summed E-state index contributed by atoms with van der Waals surface area (Å²) in [6.45, 7) is 6.66. The number of benzene rings is 2. The van der Waals surface area contributed by atoms with Crippen LogP contribution in [0.1, 0.15) is 12.5 Å². The number of hydrogen-bond donors (Lipinski definition) is 0. The fourth-order valence-corrected chi connectivity index (χ4v) is 3.31. The number of nitrogens with zero attached hydrogens (tertiary/aromatic N) is 2. The van der Waals surface area contributed by atoms with Gasteiger partial charge in [0.1, 0.15) is 0 Å². The summed E-state index contributed by atoms with van der Waals surface area (Å²) in [5.41, 5.74) is 5.10. The lowest BCUT2D eigenvalue weighted by atomic mass is 10.00. The smallest absolute Gasteiger partial charge is 0.0484 e. The summed E-state index contributed by atoms with van der Waals surface area (Å²) in [6, 6.07) is 14.8. The van der Waals surface area contributed by atoms with Crippen molar-refractivity contribution in [1.82, 2.24) is 4.90 Å². The highest BCUT2D eigenvalue weighted by molar-refractivity contribution is 6.33. The first-order chi connectivity index (χ1) is 10.7. The van der Waals surface area contributed by atoms with Gasteiger partial charge < -0.3 is 9.80 Å². The molecule has 0 saturated carbocycles. The predicted octanol–water partition coefficient (Wildman–Crippen LogP) is 4.32. The van der Waals surface area contributed by atoms with Gasteiger partial charge in [-0.3, -0.25) is 0 Å². The molecule has 0 aliphatic carbocycles. The first-order valence-corrected chi connectivity index (χ1v) is 8.38. The Morgan fingerprint density at radius 2 is 1.73 bits per heavy atom. The van der Waals surface area contributed by atoms with Crippen molar-refractivity contribution in [2.75, 3.05) is 38.1 Å². The maximum absolute atomic E-state index is 6.37. The molecule has 1 aliphatic heterocycles. The molecule has 2 aromatic carbocycles. The first-order valence-electron chi connectivity index (χ1n) is 8.00. The van der Waals surface area contributed by atoms with E-state index < -0.39 is 0 Å². The normalized spacial score (nSPS) is 16.0. The van der Waals surface area contributed by atoms with Crippen LogP contribution in [0.3, 0.4) is 0 Å². The maximum Gasteiger partial charge on any atom is 0.0484 e. The van der Waals surface area contributed by atoms with Gasteiger partial charge in [-0.25, -0.2) is 0 Å². The van der Waals surface area contributed by atoms with Crippen molar-refractivity contribution in [1.29, 1.82) is 0 Å². The van der Waals surface area contributed by atoms with E-state index in [2.05, 4.69) is 48.0 Å². The van der Waals surface area contributed by atoms with E-state index in [0.717, 1.165) is 43.2 Å². The maximum atomic E-state index is 6.37. The molecule has 3 heteroatoms. The quantitative estimate of drug-likeness (QED) is 0.832. The molecule has 0 spiro atoms. The number of hydrogen-bond acceptors (Lipinski definition) is 2. The molecule has 1 heterocycles. The molecule has 0 N–H and O–H groups in total. The van der Waals surface area contributed by atoms with Crippen LogP contribution in [0, 0.1) is 0 Å². The van der Waals surface area contributed by atoms with Crippen LogP contribution in [0.25, 0.3) is 11.1 Å². The van der Waals surface area contributed by atoms with Crippen molar-refractivity contribution in [2.24, 2.45) is 0 Å². The van der Waals surface area contributed by atoms with Crippen LogP contribution >= 0.6 is 11.6 Å². The molecule has 0 amide bonds. The second-order valence-corrected chi connectivity index (χ2v) is 6.37. The highest BCUT2D eigenvalue weighted by atomic mass is 35.5. The SMILES string of the molecule is CCc1ccc(-c2ccccc2Cl)cc1N1CCN(C)CC1. The molecule has 3 rings (SSSR count). The molecule has 0 atom stereocenters. The molecule has 0 bridgehead atoms. The van der Waals surface area contributed by atoms with Crippen molar-refractivity contribution in [2.45, 2.75) is 13.3 Å². The summed E-state index contributed by atoms with van der Waals surface area (Å²) >= 11 is 6.37. The molecular weight excluding hydrogens is 292 g/mol. The number of aryl methyl sites for hydroxylation is 1. The van der Waals surface area contributed by atoms with Crippen LogP contribution in [0.15, 0.2) is 42.5 Å². The number of halogens is 1. The summed E-state index contributed by atoms with van der Waals surface area (Å²) in [5, 5.41) is 0.816. The molecule has 1 saturated heterocycles. The van der Waals surface area contributed by atoms with Gasteiger partial charge in [0.15, 0.2) is 0 Å². The van der Waals surface area contributed by atoms with Crippen molar-refractivity contribution < 1.29 is 0 Å². The predicted molar refractivity (Wildman–Crippen MR) is 96.0 cm³/mol. The van der Waals surface area contributed by atoms with E-state index in [9.17, 15) is 0 Å². The van der Waals surface area contributed by atoms with Crippen LogP contribution in [-0.4, -0.2) is 38.1 Å².